The number of Topliss-reactive ketones (excluding diaryl/α,β-unsaturated/α-hetero) is 2. The molecule has 2 aliphatic rings. The Balaban J connectivity index is 1.41. The third-order valence-corrected chi connectivity index (χ3v) is 10.2. The van der Waals surface area contributed by atoms with Crippen LogP contribution in [0.1, 0.15) is 103 Å². The second kappa shape index (κ2) is 11.8. The molecule has 0 saturated carbocycles. The van der Waals surface area contributed by atoms with Gasteiger partial charge in [0.05, 0.1) is 0 Å². The predicted octanol–water partition coefficient (Wildman–Crippen LogP) is 9.61. The number of fused-ring (bicyclic) bond motifs is 5. The van der Waals surface area contributed by atoms with Crippen molar-refractivity contribution < 1.29 is 19.2 Å². The van der Waals surface area contributed by atoms with E-state index in [0.717, 1.165) is 33.4 Å². The highest BCUT2D eigenvalue weighted by atomic mass is 35.5. The number of halogens is 2. The summed E-state index contributed by atoms with van der Waals surface area (Å²) < 4.78 is 0. The number of hydrogen-bond acceptors (Lipinski definition) is 4. The predicted molar refractivity (Wildman–Crippen MR) is 195 cm³/mol. The summed E-state index contributed by atoms with van der Waals surface area (Å²) in [7, 11) is 0. The monoisotopic (exact) mass is 684 g/mol. The fourth-order valence-electron chi connectivity index (χ4n) is 7.42. The molecule has 0 unspecified atom stereocenters. The van der Waals surface area contributed by atoms with Crippen LogP contribution in [0.15, 0.2) is 109 Å². The SMILES string of the molecule is CC(C)(Cl)C(=O)c1ccc(CC2(Cc3ccc(C(=O)C(C)(C)Cl)cc3)c3ccccc3-c3cc4c(cc32)C(=O)c2ccccc2C4=O)cc1. The van der Waals surface area contributed by atoms with E-state index in [4.69, 9.17) is 23.2 Å². The highest BCUT2D eigenvalue weighted by Gasteiger charge is 2.45. The standard InChI is InChI=1S/C43H34Cl2O4/c1-41(2,44)39(48)27-17-13-25(14-18-27)23-43(24-26-15-19-28(20-16-26)40(49)42(3,4)45)35-12-8-7-9-29(35)32-21-33-34(22-36(32)43)38(47)31-11-6-5-10-30(31)37(33)46/h5-22H,23-24H2,1-4H3. The number of alkyl halides is 2. The second-order valence-corrected chi connectivity index (χ2v) is 16.0. The van der Waals surface area contributed by atoms with Crippen LogP contribution in [0.5, 0.6) is 0 Å². The van der Waals surface area contributed by atoms with E-state index in [-0.39, 0.29) is 23.1 Å². The van der Waals surface area contributed by atoms with Crippen LogP contribution < -0.4 is 0 Å². The molecule has 6 heteroatoms. The second-order valence-electron chi connectivity index (χ2n) is 14.1. The van der Waals surface area contributed by atoms with Crippen molar-refractivity contribution >= 4 is 46.3 Å². The first-order valence-corrected chi connectivity index (χ1v) is 17.1. The van der Waals surface area contributed by atoms with E-state index in [1.165, 1.54) is 0 Å². The van der Waals surface area contributed by atoms with Crippen LogP contribution in [-0.4, -0.2) is 32.9 Å². The average molecular weight is 686 g/mol. The summed E-state index contributed by atoms with van der Waals surface area (Å²) in [6.45, 7) is 6.74. The summed E-state index contributed by atoms with van der Waals surface area (Å²) in [6, 6.07) is 34.1. The fraction of sp³-hybridized carbons (Fsp3) is 0.209. The number of benzene rings is 5. The maximum absolute atomic E-state index is 14.0. The molecule has 7 rings (SSSR count). The van der Waals surface area contributed by atoms with Crippen LogP contribution in [-0.2, 0) is 18.3 Å². The van der Waals surface area contributed by atoms with Crippen LogP contribution in [0.25, 0.3) is 11.1 Å². The molecule has 0 aromatic heterocycles. The van der Waals surface area contributed by atoms with Gasteiger partial charge in [-0.05, 0) is 86.1 Å². The molecule has 0 bridgehead atoms. The van der Waals surface area contributed by atoms with Gasteiger partial charge < -0.3 is 0 Å². The summed E-state index contributed by atoms with van der Waals surface area (Å²) in [5.74, 6) is -0.641. The molecule has 49 heavy (non-hydrogen) atoms. The lowest BCUT2D eigenvalue weighted by molar-refractivity contribution is 0.0947. The Kier molecular flexibility index (Phi) is 7.89. The van der Waals surface area contributed by atoms with Crippen LogP contribution >= 0.6 is 23.2 Å². The van der Waals surface area contributed by atoms with Crippen molar-refractivity contribution in [1.82, 2.24) is 0 Å². The highest BCUT2D eigenvalue weighted by Crippen LogP contribution is 2.53. The van der Waals surface area contributed by atoms with Gasteiger partial charge in [0, 0.05) is 38.8 Å². The van der Waals surface area contributed by atoms with Gasteiger partial charge in [-0.1, -0.05) is 97.1 Å². The van der Waals surface area contributed by atoms with Crippen molar-refractivity contribution in [1.29, 1.82) is 0 Å². The smallest absolute Gasteiger partial charge is 0.194 e. The van der Waals surface area contributed by atoms with Gasteiger partial charge in [-0.25, -0.2) is 0 Å². The molecule has 0 atom stereocenters. The topological polar surface area (TPSA) is 68.3 Å². The summed E-state index contributed by atoms with van der Waals surface area (Å²) in [6.07, 6.45) is 1.09. The number of carbonyl (C=O) groups excluding carboxylic acids is 4. The van der Waals surface area contributed by atoms with Crippen LogP contribution in [0.4, 0.5) is 0 Å². The lowest BCUT2D eigenvalue weighted by Crippen LogP contribution is -2.32. The maximum Gasteiger partial charge on any atom is 0.194 e. The van der Waals surface area contributed by atoms with E-state index < -0.39 is 15.2 Å². The van der Waals surface area contributed by atoms with Crippen LogP contribution in [0, 0.1) is 0 Å². The zero-order chi connectivity index (χ0) is 34.9. The molecule has 0 heterocycles. The minimum atomic E-state index is -1.03. The first kappa shape index (κ1) is 32.9. The zero-order valence-corrected chi connectivity index (χ0v) is 29.2. The van der Waals surface area contributed by atoms with E-state index in [9.17, 15) is 19.2 Å². The Morgan fingerprint density at radius 2 is 0.918 bits per heavy atom. The van der Waals surface area contributed by atoms with Gasteiger partial charge in [0.2, 0.25) is 0 Å². The van der Waals surface area contributed by atoms with Gasteiger partial charge in [0.25, 0.3) is 0 Å². The lowest BCUT2D eigenvalue weighted by Gasteiger charge is -2.34. The number of ketones is 4. The van der Waals surface area contributed by atoms with Gasteiger partial charge in [0.15, 0.2) is 23.1 Å². The largest absolute Gasteiger partial charge is 0.292 e. The molecule has 2 aliphatic carbocycles. The van der Waals surface area contributed by atoms with E-state index in [1.807, 2.05) is 72.8 Å². The van der Waals surface area contributed by atoms with Crippen LogP contribution in [0.3, 0.4) is 0 Å². The molecule has 0 saturated heterocycles. The van der Waals surface area contributed by atoms with E-state index in [1.54, 1.807) is 52.0 Å². The number of carbonyl (C=O) groups is 4. The van der Waals surface area contributed by atoms with Gasteiger partial charge in [-0.15, -0.1) is 23.2 Å². The normalized spacial score (nSPS) is 14.5. The van der Waals surface area contributed by atoms with Crippen molar-refractivity contribution in [3.63, 3.8) is 0 Å². The van der Waals surface area contributed by atoms with Crippen molar-refractivity contribution in [2.45, 2.75) is 55.7 Å². The number of rotatable bonds is 8. The highest BCUT2D eigenvalue weighted by molar-refractivity contribution is 6.37. The third-order valence-electron chi connectivity index (χ3n) is 9.84. The minimum absolute atomic E-state index is 0.156. The molecular weight excluding hydrogens is 651 g/mol. The van der Waals surface area contributed by atoms with E-state index in [2.05, 4.69) is 12.1 Å². The average Bonchev–Trinajstić information content (AvgIpc) is 3.34. The van der Waals surface area contributed by atoms with Gasteiger partial charge in [-0.2, -0.15) is 0 Å². The molecule has 0 radical (unpaired) electrons. The maximum atomic E-state index is 14.0. The summed E-state index contributed by atoms with van der Waals surface area (Å²) >= 11 is 12.7. The van der Waals surface area contributed by atoms with E-state index >= 15 is 0 Å². The molecule has 244 valence electrons. The molecular formula is C43H34Cl2O4. The Hall–Kier alpha value is -4.64. The molecule has 5 aromatic carbocycles. The summed E-state index contributed by atoms with van der Waals surface area (Å²) in [5.41, 5.74) is 7.98. The first-order chi connectivity index (χ1) is 23.2. The summed E-state index contributed by atoms with van der Waals surface area (Å²) in [5, 5.41) is 0. The Morgan fingerprint density at radius 3 is 1.37 bits per heavy atom. The molecule has 0 spiro atoms. The fourth-order valence-corrected chi connectivity index (χ4v) is 7.64. The van der Waals surface area contributed by atoms with Crippen molar-refractivity contribution in [2.24, 2.45) is 0 Å². The Bertz CT molecular complexity index is 2130. The van der Waals surface area contributed by atoms with Crippen LogP contribution in [0.2, 0.25) is 0 Å². The molecule has 0 amide bonds. The van der Waals surface area contributed by atoms with Crippen molar-refractivity contribution in [3.05, 3.63) is 165 Å². The summed E-state index contributed by atoms with van der Waals surface area (Å²) in [4.78, 5) is 51.6. The first-order valence-electron chi connectivity index (χ1n) is 16.3. The van der Waals surface area contributed by atoms with Gasteiger partial charge >= 0.3 is 0 Å². The molecule has 5 aromatic rings. The minimum Gasteiger partial charge on any atom is -0.292 e. The Morgan fingerprint density at radius 1 is 0.510 bits per heavy atom. The zero-order valence-electron chi connectivity index (χ0n) is 27.7. The van der Waals surface area contributed by atoms with E-state index in [0.29, 0.717) is 46.2 Å². The third kappa shape index (κ3) is 5.57. The molecule has 0 aliphatic heterocycles. The van der Waals surface area contributed by atoms with Gasteiger partial charge in [-0.3, -0.25) is 19.2 Å². The van der Waals surface area contributed by atoms with Crippen molar-refractivity contribution in [3.8, 4) is 11.1 Å². The molecule has 0 fully saturated rings. The van der Waals surface area contributed by atoms with Crippen molar-refractivity contribution in [2.75, 3.05) is 0 Å². The Labute approximate surface area is 296 Å². The molecule has 4 nitrogen and oxygen atoms in total. The van der Waals surface area contributed by atoms with Gasteiger partial charge in [0.1, 0.15) is 9.75 Å². The lowest BCUT2D eigenvalue weighted by atomic mass is 9.68. The number of hydrogen-bond donors (Lipinski definition) is 0. The molecule has 0 N–H and O–H groups in total. The quantitative estimate of drug-likeness (QED) is 0.118.